The molecule has 8 nitrogen and oxygen atoms in total. The minimum Gasteiger partial charge on any atom is -0.326 e. The van der Waals surface area contributed by atoms with Gasteiger partial charge in [-0.05, 0) is 55.8 Å². The van der Waals surface area contributed by atoms with Crippen LogP contribution in [0.1, 0.15) is 29.3 Å². The fraction of sp³-hybridized carbons (Fsp3) is 0.312. The summed E-state index contributed by atoms with van der Waals surface area (Å²) >= 11 is 1.57. The second kappa shape index (κ2) is 6.60. The van der Waals surface area contributed by atoms with E-state index in [-0.39, 0.29) is 6.03 Å². The molecule has 0 fully saturated rings. The summed E-state index contributed by atoms with van der Waals surface area (Å²) in [5, 5.41) is 17.8. The molecule has 1 aromatic carbocycles. The van der Waals surface area contributed by atoms with Gasteiger partial charge in [-0.15, -0.1) is 16.4 Å². The number of nitrogens with zero attached hydrogens (tertiary/aromatic N) is 5. The van der Waals surface area contributed by atoms with Crippen LogP contribution in [0.4, 0.5) is 10.5 Å². The molecule has 3 rings (SSSR count). The number of aryl methyl sites for hydroxylation is 2. The van der Waals surface area contributed by atoms with E-state index in [0.29, 0.717) is 5.69 Å². The number of anilines is 1. The van der Waals surface area contributed by atoms with Gasteiger partial charge < -0.3 is 10.6 Å². The van der Waals surface area contributed by atoms with E-state index in [0.717, 1.165) is 21.1 Å². The Morgan fingerprint density at radius 2 is 2.08 bits per heavy atom. The first-order valence-corrected chi connectivity index (χ1v) is 8.53. The first kappa shape index (κ1) is 17.0. The monoisotopic (exact) mass is 357 g/mol. The standard InChI is InChI=1S/C16H19N7OS/c1-10-5-6-12(23-9-18-21-22-23)7-13(10)19-15(24)20-16(3,4)14-17-8-11(2)25-14/h5-9H,1-4H3,(H2,19,20,24). The number of carbonyl (C=O) groups is 1. The highest BCUT2D eigenvalue weighted by molar-refractivity contribution is 7.11. The van der Waals surface area contributed by atoms with Gasteiger partial charge in [-0.1, -0.05) is 6.07 Å². The Labute approximate surface area is 149 Å². The van der Waals surface area contributed by atoms with Crippen LogP contribution in [0.3, 0.4) is 0 Å². The van der Waals surface area contributed by atoms with Crippen molar-refractivity contribution in [3.8, 4) is 5.69 Å². The van der Waals surface area contributed by atoms with Gasteiger partial charge in [0.2, 0.25) is 0 Å². The van der Waals surface area contributed by atoms with Gasteiger partial charge >= 0.3 is 6.03 Å². The van der Waals surface area contributed by atoms with Crippen molar-refractivity contribution in [2.45, 2.75) is 33.2 Å². The minimum atomic E-state index is -0.565. The van der Waals surface area contributed by atoms with Gasteiger partial charge in [0.25, 0.3) is 0 Å². The molecule has 0 radical (unpaired) electrons. The highest BCUT2D eigenvalue weighted by Crippen LogP contribution is 2.25. The molecule has 25 heavy (non-hydrogen) atoms. The Morgan fingerprint density at radius 1 is 1.28 bits per heavy atom. The van der Waals surface area contributed by atoms with Gasteiger partial charge in [0.15, 0.2) is 0 Å². The predicted octanol–water partition coefficient (Wildman–Crippen LogP) is 2.79. The number of tetrazole rings is 1. The van der Waals surface area contributed by atoms with Crippen LogP contribution in [0.25, 0.3) is 5.69 Å². The van der Waals surface area contributed by atoms with Crippen molar-refractivity contribution >= 4 is 23.1 Å². The van der Waals surface area contributed by atoms with Crippen LogP contribution in [0.2, 0.25) is 0 Å². The van der Waals surface area contributed by atoms with Gasteiger partial charge in [-0.25, -0.2) is 14.5 Å². The van der Waals surface area contributed by atoms with Crippen LogP contribution < -0.4 is 10.6 Å². The molecule has 0 unspecified atom stereocenters. The van der Waals surface area contributed by atoms with Gasteiger partial charge in [0.05, 0.1) is 11.2 Å². The summed E-state index contributed by atoms with van der Waals surface area (Å²) in [6, 6.07) is 5.32. The summed E-state index contributed by atoms with van der Waals surface area (Å²) in [6.07, 6.45) is 3.31. The normalized spacial score (nSPS) is 11.4. The molecule has 2 amide bonds. The number of benzene rings is 1. The average Bonchev–Trinajstić information content (AvgIpc) is 3.20. The zero-order chi connectivity index (χ0) is 18.0. The highest BCUT2D eigenvalue weighted by Gasteiger charge is 2.26. The zero-order valence-corrected chi connectivity index (χ0v) is 15.3. The van der Waals surface area contributed by atoms with E-state index < -0.39 is 5.54 Å². The predicted molar refractivity (Wildman–Crippen MR) is 95.9 cm³/mol. The van der Waals surface area contributed by atoms with Gasteiger partial charge in [-0.3, -0.25) is 0 Å². The third kappa shape index (κ3) is 3.82. The van der Waals surface area contributed by atoms with Crippen molar-refractivity contribution in [3.63, 3.8) is 0 Å². The first-order chi connectivity index (χ1) is 11.8. The van der Waals surface area contributed by atoms with Gasteiger partial charge in [0, 0.05) is 16.8 Å². The maximum absolute atomic E-state index is 12.5. The molecular weight excluding hydrogens is 338 g/mol. The van der Waals surface area contributed by atoms with Crippen LogP contribution >= 0.6 is 11.3 Å². The Kier molecular flexibility index (Phi) is 4.49. The quantitative estimate of drug-likeness (QED) is 0.748. The molecule has 0 aliphatic rings. The SMILES string of the molecule is Cc1cnc(C(C)(C)NC(=O)Nc2cc(-n3cnnn3)ccc2C)s1. The highest BCUT2D eigenvalue weighted by atomic mass is 32.1. The largest absolute Gasteiger partial charge is 0.326 e. The number of thiazole rings is 1. The van der Waals surface area contributed by atoms with E-state index in [4.69, 9.17) is 0 Å². The summed E-state index contributed by atoms with van der Waals surface area (Å²) in [4.78, 5) is 17.9. The average molecular weight is 357 g/mol. The smallest absolute Gasteiger partial charge is 0.320 e. The first-order valence-electron chi connectivity index (χ1n) is 7.71. The van der Waals surface area contributed by atoms with E-state index in [1.807, 2.05) is 45.9 Å². The number of carbonyl (C=O) groups excluding carboxylic acids is 1. The summed E-state index contributed by atoms with van der Waals surface area (Å²) in [5.74, 6) is 0. The second-order valence-electron chi connectivity index (χ2n) is 6.23. The number of nitrogens with one attached hydrogen (secondary N) is 2. The van der Waals surface area contributed by atoms with Crippen molar-refractivity contribution in [1.29, 1.82) is 0 Å². The Morgan fingerprint density at radius 3 is 2.72 bits per heavy atom. The Bertz CT molecular complexity index is 886. The fourth-order valence-electron chi connectivity index (χ4n) is 2.30. The maximum Gasteiger partial charge on any atom is 0.320 e. The summed E-state index contributed by atoms with van der Waals surface area (Å²) in [6.45, 7) is 7.77. The lowest BCUT2D eigenvalue weighted by atomic mass is 10.1. The second-order valence-corrected chi connectivity index (χ2v) is 7.47. The Balaban J connectivity index is 1.75. The van der Waals surface area contributed by atoms with Crippen molar-refractivity contribution in [3.05, 3.63) is 46.2 Å². The number of amides is 2. The summed E-state index contributed by atoms with van der Waals surface area (Å²) < 4.78 is 1.53. The zero-order valence-electron chi connectivity index (χ0n) is 14.4. The van der Waals surface area contributed by atoms with Crippen molar-refractivity contribution in [2.75, 3.05) is 5.32 Å². The number of hydrogen-bond donors (Lipinski definition) is 2. The molecule has 2 heterocycles. The van der Waals surface area contributed by atoms with Crippen LogP contribution in [-0.2, 0) is 5.54 Å². The van der Waals surface area contributed by atoms with Gasteiger partial charge in [-0.2, -0.15) is 0 Å². The fourth-order valence-corrected chi connectivity index (χ4v) is 3.12. The summed E-state index contributed by atoms with van der Waals surface area (Å²) in [7, 11) is 0. The topological polar surface area (TPSA) is 97.6 Å². The maximum atomic E-state index is 12.5. The molecule has 0 bridgehead atoms. The van der Waals surface area contributed by atoms with Crippen LogP contribution in [-0.4, -0.2) is 31.2 Å². The van der Waals surface area contributed by atoms with Crippen molar-refractivity contribution in [2.24, 2.45) is 0 Å². The molecule has 0 atom stereocenters. The molecular formula is C16H19N7OS. The van der Waals surface area contributed by atoms with E-state index >= 15 is 0 Å². The van der Waals surface area contributed by atoms with Crippen LogP contribution in [0.5, 0.6) is 0 Å². The molecule has 130 valence electrons. The van der Waals surface area contributed by atoms with E-state index in [2.05, 4.69) is 31.1 Å². The molecule has 3 aromatic rings. The van der Waals surface area contributed by atoms with E-state index in [9.17, 15) is 4.79 Å². The molecule has 9 heteroatoms. The molecule has 0 aliphatic carbocycles. The Hall–Kier alpha value is -2.81. The third-order valence-electron chi connectivity index (χ3n) is 3.66. The molecule has 2 N–H and O–H groups in total. The molecule has 0 spiro atoms. The van der Waals surface area contributed by atoms with E-state index in [1.165, 1.54) is 11.0 Å². The summed E-state index contributed by atoms with van der Waals surface area (Å²) in [5.41, 5.74) is 1.83. The molecule has 0 saturated carbocycles. The molecule has 2 aromatic heterocycles. The number of hydrogen-bond acceptors (Lipinski definition) is 6. The lowest BCUT2D eigenvalue weighted by Gasteiger charge is -2.24. The van der Waals surface area contributed by atoms with Crippen molar-refractivity contribution < 1.29 is 4.79 Å². The molecule has 0 aliphatic heterocycles. The number of aromatic nitrogens is 5. The lowest BCUT2D eigenvalue weighted by molar-refractivity contribution is 0.241. The minimum absolute atomic E-state index is 0.296. The third-order valence-corrected chi connectivity index (χ3v) is 4.90. The van der Waals surface area contributed by atoms with E-state index in [1.54, 1.807) is 17.5 Å². The molecule has 0 saturated heterocycles. The van der Waals surface area contributed by atoms with Crippen LogP contribution in [0, 0.1) is 13.8 Å². The number of rotatable bonds is 4. The van der Waals surface area contributed by atoms with Gasteiger partial charge in [0.1, 0.15) is 11.3 Å². The lowest BCUT2D eigenvalue weighted by Crippen LogP contribution is -2.43. The number of urea groups is 1. The van der Waals surface area contributed by atoms with Crippen LogP contribution in [0.15, 0.2) is 30.7 Å². The van der Waals surface area contributed by atoms with Crippen molar-refractivity contribution in [1.82, 2.24) is 30.5 Å².